The van der Waals surface area contributed by atoms with Gasteiger partial charge >= 0.3 is 5.97 Å². The lowest BCUT2D eigenvalue weighted by Crippen LogP contribution is -2.29. The molecule has 0 unspecified atom stereocenters. The molecule has 0 aliphatic heterocycles. The summed E-state index contributed by atoms with van der Waals surface area (Å²) in [7, 11) is 2.96. The molecule has 0 spiro atoms. The lowest BCUT2D eigenvalue weighted by molar-refractivity contribution is -0.117. The second kappa shape index (κ2) is 13.2. The smallest absolute Gasteiger partial charge is 0.338 e. The van der Waals surface area contributed by atoms with Crippen molar-refractivity contribution in [3.05, 3.63) is 109 Å². The Bertz CT molecular complexity index is 2220. The molecule has 47 heavy (non-hydrogen) atoms. The van der Waals surface area contributed by atoms with Gasteiger partial charge < -0.3 is 20.0 Å². The Morgan fingerprint density at radius 3 is 2.66 bits per heavy atom. The molecule has 0 aliphatic carbocycles. The molecule has 0 saturated carbocycles. The van der Waals surface area contributed by atoms with E-state index < -0.39 is 23.5 Å². The number of H-pyrrole nitrogens is 2. The summed E-state index contributed by atoms with van der Waals surface area (Å²) in [6, 6.07) is 10.5. The van der Waals surface area contributed by atoms with Gasteiger partial charge in [-0.15, -0.1) is 5.10 Å². The number of fused-ring (bicyclic) bond motifs is 1. The number of carbonyl (C=O) groups is 2. The first-order valence-corrected chi connectivity index (χ1v) is 14.9. The molecule has 2 aromatic carbocycles. The number of halogens is 3. The molecule has 0 radical (unpaired) electrons. The molecule has 4 aromatic heterocycles. The summed E-state index contributed by atoms with van der Waals surface area (Å²) in [6.45, 7) is 0. The number of rotatable bonds is 9. The zero-order valence-corrected chi connectivity index (χ0v) is 26.8. The van der Waals surface area contributed by atoms with Crippen molar-refractivity contribution >= 4 is 63.7 Å². The van der Waals surface area contributed by atoms with Crippen LogP contribution in [-0.2, 0) is 23.0 Å². The van der Waals surface area contributed by atoms with Crippen molar-refractivity contribution in [2.24, 2.45) is 7.05 Å². The summed E-state index contributed by atoms with van der Waals surface area (Å²) < 4.78 is 7.88. The van der Waals surface area contributed by atoms with Crippen molar-refractivity contribution in [2.75, 3.05) is 7.11 Å². The van der Waals surface area contributed by atoms with Crippen LogP contribution in [0.3, 0.4) is 0 Å². The number of nitrogens with one attached hydrogen (secondary N) is 3. The molecular formula is C30H23Cl3N10O4. The molecule has 3 N–H and O–H groups in total. The summed E-state index contributed by atoms with van der Waals surface area (Å²) in [5.74, 6) is -0.811. The Kier molecular flexibility index (Phi) is 8.89. The Labute approximate surface area is 280 Å². The maximum Gasteiger partial charge on any atom is 0.338 e. The number of tetrazole rings is 1. The van der Waals surface area contributed by atoms with Crippen LogP contribution in [0.2, 0.25) is 15.2 Å². The Balaban J connectivity index is 1.34. The maximum absolute atomic E-state index is 13.3. The van der Waals surface area contributed by atoms with Crippen molar-refractivity contribution in [1.29, 1.82) is 0 Å². The summed E-state index contributed by atoms with van der Waals surface area (Å²) in [4.78, 5) is 48.4. The van der Waals surface area contributed by atoms with E-state index in [1.165, 1.54) is 30.3 Å². The van der Waals surface area contributed by atoms with Crippen LogP contribution >= 0.6 is 34.8 Å². The van der Waals surface area contributed by atoms with Gasteiger partial charge in [-0.05, 0) is 46.8 Å². The summed E-state index contributed by atoms with van der Waals surface area (Å²) in [6.07, 6.45) is 6.17. The van der Waals surface area contributed by atoms with E-state index in [4.69, 9.17) is 44.5 Å². The van der Waals surface area contributed by atoms with Crippen molar-refractivity contribution in [3.8, 4) is 16.9 Å². The number of methoxy groups -OCH3 is 1. The molecule has 14 nitrogen and oxygen atoms in total. The van der Waals surface area contributed by atoms with Crippen LogP contribution in [0.15, 0.2) is 65.9 Å². The van der Waals surface area contributed by atoms with E-state index in [1.807, 2.05) is 0 Å². The second-order valence-corrected chi connectivity index (χ2v) is 11.5. The predicted octanol–water partition coefficient (Wildman–Crippen LogP) is 4.49. The molecule has 17 heteroatoms. The lowest BCUT2D eigenvalue weighted by Gasteiger charge is -2.15. The van der Waals surface area contributed by atoms with Crippen molar-refractivity contribution in [1.82, 2.24) is 50.3 Å². The third kappa shape index (κ3) is 6.79. The molecule has 0 fully saturated rings. The van der Waals surface area contributed by atoms with E-state index in [0.717, 1.165) is 0 Å². The minimum atomic E-state index is -0.758. The Hall–Kier alpha value is -5.31. The van der Waals surface area contributed by atoms with Gasteiger partial charge in [0.05, 0.1) is 35.1 Å². The van der Waals surface area contributed by atoms with Crippen LogP contribution in [-0.4, -0.2) is 63.9 Å². The first-order chi connectivity index (χ1) is 22.6. The third-order valence-electron chi connectivity index (χ3n) is 7.10. The molecule has 6 rings (SSSR count). The number of aromatic amines is 2. The molecular weight excluding hydrogens is 671 g/mol. The number of hydrogen-bond acceptors (Lipinski definition) is 9. The quantitative estimate of drug-likeness (QED) is 0.145. The highest BCUT2D eigenvalue weighted by Crippen LogP contribution is 2.32. The number of benzene rings is 2. The van der Waals surface area contributed by atoms with Crippen LogP contribution < -0.4 is 10.9 Å². The SMILES string of the molecule is COC(=O)c1cc(=O)[nH]c2ccc(-c3nc([C@H](Cc4nn(C)cc4Cl)NC(=O)C=Cc4cc(Cl)ccc4-n4cnnn4)[nH]c3Cl)cc12. The molecule has 0 bridgehead atoms. The zero-order chi connectivity index (χ0) is 33.2. The Morgan fingerprint density at radius 1 is 1.11 bits per heavy atom. The normalized spacial score (nSPS) is 12.1. The molecule has 238 valence electrons. The van der Waals surface area contributed by atoms with Crippen LogP contribution in [0.4, 0.5) is 0 Å². The second-order valence-electron chi connectivity index (χ2n) is 10.2. The van der Waals surface area contributed by atoms with E-state index in [2.05, 4.69) is 35.9 Å². The van der Waals surface area contributed by atoms with Crippen molar-refractivity contribution in [2.45, 2.75) is 12.5 Å². The van der Waals surface area contributed by atoms with E-state index in [1.54, 1.807) is 60.4 Å². The number of imidazole rings is 1. The van der Waals surface area contributed by atoms with E-state index in [0.29, 0.717) is 55.0 Å². The minimum Gasteiger partial charge on any atom is -0.465 e. The van der Waals surface area contributed by atoms with Crippen LogP contribution in [0.1, 0.15) is 33.5 Å². The van der Waals surface area contributed by atoms with Crippen molar-refractivity contribution < 1.29 is 14.3 Å². The fraction of sp³-hybridized carbons (Fsp3) is 0.133. The van der Waals surface area contributed by atoms with Gasteiger partial charge in [-0.2, -0.15) is 9.78 Å². The molecule has 0 saturated heterocycles. The Morgan fingerprint density at radius 2 is 1.94 bits per heavy atom. The highest BCUT2D eigenvalue weighted by molar-refractivity contribution is 6.32. The number of carbonyl (C=O) groups excluding carboxylic acids is 2. The fourth-order valence-corrected chi connectivity index (χ4v) is 5.67. The molecule has 6 aromatic rings. The summed E-state index contributed by atoms with van der Waals surface area (Å²) in [5.41, 5.74) is 2.67. The fourth-order valence-electron chi connectivity index (χ4n) is 4.98. The van der Waals surface area contributed by atoms with Gasteiger partial charge in [0.25, 0.3) is 0 Å². The number of pyridine rings is 1. The molecule has 4 heterocycles. The number of esters is 1. The topological polar surface area (TPSA) is 178 Å². The van der Waals surface area contributed by atoms with Gasteiger partial charge in [0, 0.05) is 58.9 Å². The monoisotopic (exact) mass is 692 g/mol. The van der Waals surface area contributed by atoms with Gasteiger partial charge in [-0.25, -0.2) is 9.78 Å². The van der Waals surface area contributed by atoms with Gasteiger partial charge in [0.1, 0.15) is 23.0 Å². The number of aryl methyl sites for hydroxylation is 1. The average Bonchev–Trinajstić information content (AvgIpc) is 3.79. The standard InChI is InChI=1S/C30H23Cl3N10O4/c1-42-13-20(32)22(39-42)12-23(36-25(44)8-4-15-9-17(31)5-7-24(15)43-14-34-40-41-43)29-37-27(28(33)38-29)16-3-6-21-18(10-16)19(30(46)47-2)11-26(45)35-21/h3-11,13-14,23H,12H2,1-2H3,(H,35,45)(H,36,44)(H,37,38)/t23-/m0/s1. The molecule has 1 amide bonds. The van der Waals surface area contributed by atoms with Crippen LogP contribution in [0, 0.1) is 0 Å². The minimum absolute atomic E-state index is 0.0876. The average molecular weight is 694 g/mol. The van der Waals surface area contributed by atoms with Gasteiger partial charge in [-0.1, -0.05) is 40.9 Å². The van der Waals surface area contributed by atoms with Crippen LogP contribution in [0.25, 0.3) is 33.9 Å². The molecule has 0 aliphatic rings. The highest BCUT2D eigenvalue weighted by atomic mass is 35.5. The van der Waals surface area contributed by atoms with E-state index in [-0.39, 0.29) is 17.1 Å². The van der Waals surface area contributed by atoms with E-state index in [9.17, 15) is 14.4 Å². The summed E-state index contributed by atoms with van der Waals surface area (Å²) in [5, 5.41) is 20.1. The number of ether oxygens (including phenoxy) is 1. The first-order valence-electron chi connectivity index (χ1n) is 13.8. The van der Waals surface area contributed by atoms with Crippen molar-refractivity contribution in [3.63, 3.8) is 0 Å². The largest absolute Gasteiger partial charge is 0.465 e. The number of aromatic nitrogens is 9. The maximum atomic E-state index is 13.3. The third-order valence-corrected chi connectivity index (χ3v) is 7.92. The zero-order valence-electron chi connectivity index (χ0n) is 24.5. The predicted molar refractivity (Wildman–Crippen MR) is 175 cm³/mol. The van der Waals surface area contributed by atoms with Crippen LogP contribution in [0.5, 0.6) is 0 Å². The molecule has 1 atom stereocenters. The van der Waals surface area contributed by atoms with Gasteiger partial charge in [0.15, 0.2) is 0 Å². The number of hydrogen-bond donors (Lipinski definition) is 3. The van der Waals surface area contributed by atoms with E-state index >= 15 is 0 Å². The number of amides is 1. The highest BCUT2D eigenvalue weighted by Gasteiger charge is 2.24. The first kappa shape index (κ1) is 31.7. The number of nitrogens with zero attached hydrogens (tertiary/aromatic N) is 7. The lowest BCUT2D eigenvalue weighted by atomic mass is 10.0. The van der Waals surface area contributed by atoms with Gasteiger partial charge in [-0.3, -0.25) is 14.3 Å². The summed E-state index contributed by atoms with van der Waals surface area (Å²) >= 11 is 19.3. The van der Waals surface area contributed by atoms with Gasteiger partial charge in [0.2, 0.25) is 11.5 Å².